The zero-order chi connectivity index (χ0) is 13.2. The molecule has 0 radical (unpaired) electrons. The lowest BCUT2D eigenvalue weighted by molar-refractivity contribution is 0.474. The SMILES string of the molecule is Cc1ncc(S(=O)(=O)NCc2cccc(O)c2)[nH]1. The molecule has 0 aliphatic rings. The Bertz CT molecular complexity index is 649. The van der Waals surface area contributed by atoms with Gasteiger partial charge in [0.25, 0.3) is 10.0 Å². The number of rotatable bonds is 4. The van der Waals surface area contributed by atoms with Gasteiger partial charge in [0, 0.05) is 6.54 Å². The molecule has 0 amide bonds. The lowest BCUT2D eigenvalue weighted by Gasteiger charge is -2.05. The van der Waals surface area contributed by atoms with Crippen molar-refractivity contribution in [3.05, 3.63) is 41.9 Å². The number of benzene rings is 1. The number of aryl methyl sites for hydroxylation is 1. The molecule has 18 heavy (non-hydrogen) atoms. The van der Waals surface area contributed by atoms with Crippen molar-refractivity contribution in [3.63, 3.8) is 0 Å². The Hall–Kier alpha value is -1.86. The topological polar surface area (TPSA) is 95.1 Å². The van der Waals surface area contributed by atoms with Crippen LogP contribution in [0.1, 0.15) is 11.4 Å². The lowest BCUT2D eigenvalue weighted by Crippen LogP contribution is -2.23. The minimum Gasteiger partial charge on any atom is -0.508 e. The van der Waals surface area contributed by atoms with Gasteiger partial charge in [0.05, 0.1) is 6.20 Å². The van der Waals surface area contributed by atoms with E-state index in [4.69, 9.17) is 0 Å². The van der Waals surface area contributed by atoms with Gasteiger partial charge in [-0.1, -0.05) is 12.1 Å². The third kappa shape index (κ3) is 2.88. The van der Waals surface area contributed by atoms with Crippen LogP contribution in [0, 0.1) is 6.92 Å². The summed E-state index contributed by atoms with van der Waals surface area (Å²) in [6, 6.07) is 6.40. The largest absolute Gasteiger partial charge is 0.508 e. The van der Waals surface area contributed by atoms with Crippen molar-refractivity contribution in [1.29, 1.82) is 0 Å². The van der Waals surface area contributed by atoms with Crippen LogP contribution < -0.4 is 4.72 Å². The van der Waals surface area contributed by atoms with E-state index in [1.807, 2.05) is 0 Å². The molecule has 96 valence electrons. The molecule has 0 atom stereocenters. The molecule has 1 heterocycles. The molecule has 1 aromatic carbocycles. The number of nitrogens with one attached hydrogen (secondary N) is 2. The summed E-state index contributed by atoms with van der Waals surface area (Å²) in [6.45, 7) is 1.78. The average Bonchev–Trinajstić information content (AvgIpc) is 2.74. The number of phenolic OH excluding ortho intramolecular Hbond substituents is 1. The van der Waals surface area contributed by atoms with Gasteiger partial charge in [-0.15, -0.1) is 0 Å². The summed E-state index contributed by atoms with van der Waals surface area (Å²) in [4.78, 5) is 6.49. The number of aromatic amines is 1. The summed E-state index contributed by atoms with van der Waals surface area (Å²) in [5, 5.41) is 9.30. The summed E-state index contributed by atoms with van der Waals surface area (Å²) in [7, 11) is -3.60. The molecule has 0 saturated carbocycles. The van der Waals surface area contributed by atoms with Gasteiger partial charge in [-0.2, -0.15) is 0 Å². The third-order valence-electron chi connectivity index (χ3n) is 2.35. The van der Waals surface area contributed by atoms with E-state index in [1.54, 1.807) is 19.1 Å². The van der Waals surface area contributed by atoms with E-state index >= 15 is 0 Å². The van der Waals surface area contributed by atoms with E-state index in [1.165, 1.54) is 18.3 Å². The number of H-pyrrole nitrogens is 1. The van der Waals surface area contributed by atoms with Gasteiger partial charge in [0.2, 0.25) is 0 Å². The van der Waals surface area contributed by atoms with Crippen LogP contribution in [-0.4, -0.2) is 23.5 Å². The molecule has 0 saturated heterocycles. The van der Waals surface area contributed by atoms with Crippen molar-refractivity contribution < 1.29 is 13.5 Å². The van der Waals surface area contributed by atoms with E-state index in [2.05, 4.69) is 14.7 Å². The van der Waals surface area contributed by atoms with Crippen LogP contribution in [0.25, 0.3) is 0 Å². The molecule has 1 aromatic heterocycles. The predicted octanol–water partition coefficient (Wildman–Crippen LogP) is 0.902. The van der Waals surface area contributed by atoms with Crippen LogP contribution in [0.15, 0.2) is 35.5 Å². The molecule has 7 heteroatoms. The van der Waals surface area contributed by atoms with Gasteiger partial charge in [-0.3, -0.25) is 0 Å². The molecule has 0 unspecified atom stereocenters. The number of aromatic hydroxyl groups is 1. The second kappa shape index (κ2) is 4.79. The lowest BCUT2D eigenvalue weighted by atomic mass is 10.2. The Morgan fingerprint density at radius 2 is 2.22 bits per heavy atom. The Balaban J connectivity index is 2.10. The number of sulfonamides is 1. The van der Waals surface area contributed by atoms with Crippen molar-refractivity contribution in [3.8, 4) is 5.75 Å². The maximum atomic E-state index is 11.9. The monoisotopic (exact) mass is 267 g/mol. The Morgan fingerprint density at radius 1 is 1.44 bits per heavy atom. The van der Waals surface area contributed by atoms with Crippen LogP contribution >= 0.6 is 0 Å². The standard InChI is InChI=1S/C11H13N3O3S/c1-8-12-7-11(14-8)18(16,17)13-6-9-3-2-4-10(15)5-9/h2-5,7,13,15H,6H2,1H3,(H,12,14). The highest BCUT2D eigenvalue weighted by atomic mass is 32.2. The summed E-state index contributed by atoms with van der Waals surface area (Å²) in [5.41, 5.74) is 0.676. The first-order valence-corrected chi connectivity index (χ1v) is 6.75. The van der Waals surface area contributed by atoms with Gasteiger partial charge in [-0.25, -0.2) is 18.1 Å². The Morgan fingerprint density at radius 3 is 2.83 bits per heavy atom. The summed E-state index contributed by atoms with van der Waals surface area (Å²) in [5.74, 6) is 0.636. The van der Waals surface area contributed by atoms with Crippen molar-refractivity contribution >= 4 is 10.0 Å². The van der Waals surface area contributed by atoms with Gasteiger partial charge >= 0.3 is 0 Å². The number of hydrogen-bond acceptors (Lipinski definition) is 4. The van der Waals surface area contributed by atoms with E-state index in [-0.39, 0.29) is 17.3 Å². The molecule has 0 bridgehead atoms. The molecule has 0 aliphatic heterocycles. The smallest absolute Gasteiger partial charge is 0.257 e. The number of hydrogen-bond donors (Lipinski definition) is 3. The molecule has 3 N–H and O–H groups in total. The highest BCUT2D eigenvalue weighted by molar-refractivity contribution is 7.89. The summed E-state index contributed by atoms with van der Waals surface area (Å²) >= 11 is 0. The first kappa shape index (κ1) is 12.6. The van der Waals surface area contributed by atoms with Crippen molar-refractivity contribution in [2.45, 2.75) is 18.5 Å². The van der Waals surface area contributed by atoms with E-state index in [9.17, 15) is 13.5 Å². The number of phenols is 1. The highest BCUT2D eigenvalue weighted by Crippen LogP contribution is 2.12. The van der Waals surface area contributed by atoms with Crippen molar-refractivity contribution in [2.75, 3.05) is 0 Å². The highest BCUT2D eigenvalue weighted by Gasteiger charge is 2.15. The van der Waals surface area contributed by atoms with E-state index in [0.717, 1.165) is 0 Å². The first-order valence-electron chi connectivity index (χ1n) is 5.26. The molecule has 6 nitrogen and oxygen atoms in total. The molecule has 0 fully saturated rings. The van der Waals surface area contributed by atoms with Gasteiger partial charge in [0.15, 0.2) is 5.03 Å². The van der Waals surface area contributed by atoms with Crippen LogP contribution in [0.4, 0.5) is 0 Å². The zero-order valence-electron chi connectivity index (χ0n) is 9.71. The van der Waals surface area contributed by atoms with Crippen LogP contribution in [-0.2, 0) is 16.6 Å². The fraction of sp³-hybridized carbons (Fsp3) is 0.182. The average molecular weight is 267 g/mol. The van der Waals surface area contributed by atoms with Crippen molar-refractivity contribution in [2.24, 2.45) is 0 Å². The fourth-order valence-corrected chi connectivity index (χ4v) is 2.44. The predicted molar refractivity (Wildman–Crippen MR) is 65.5 cm³/mol. The number of nitrogens with zero attached hydrogens (tertiary/aromatic N) is 1. The zero-order valence-corrected chi connectivity index (χ0v) is 10.5. The summed E-state index contributed by atoms with van der Waals surface area (Å²) in [6.07, 6.45) is 1.26. The quantitative estimate of drug-likeness (QED) is 0.767. The second-order valence-corrected chi connectivity index (χ2v) is 5.56. The summed E-state index contributed by atoms with van der Waals surface area (Å²) < 4.78 is 26.1. The third-order valence-corrected chi connectivity index (χ3v) is 3.66. The minimum atomic E-state index is -3.60. The van der Waals surface area contributed by atoms with Crippen molar-refractivity contribution in [1.82, 2.24) is 14.7 Å². The van der Waals surface area contributed by atoms with Gasteiger partial charge in [0.1, 0.15) is 11.6 Å². The molecular weight excluding hydrogens is 254 g/mol. The minimum absolute atomic E-state index is 0.0279. The molecule has 0 aliphatic carbocycles. The van der Waals surface area contributed by atoms with Crippen LogP contribution in [0.3, 0.4) is 0 Å². The number of aromatic nitrogens is 2. The van der Waals surface area contributed by atoms with Gasteiger partial charge in [-0.05, 0) is 24.6 Å². The molecular formula is C11H13N3O3S. The maximum Gasteiger partial charge on any atom is 0.257 e. The van der Waals surface area contributed by atoms with Crippen LogP contribution in [0.5, 0.6) is 5.75 Å². The molecule has 2 aromatic rings. The normalized spacial score (nSPS) is 11.6. The number of imidazole rings is 1. The Kier molecular flexibility index (Phi) is 3.35. The first-order chi connectivity index (χ1) is 8.47. The molecule has 0 spiro atoms. The Labute approximate surface area is 105 Å². The molecule has 2 rings (SSSR count). The van der Waals surface area contributed by atoms with Crippen LogP contribution in [0.2, 0.25) is 0 Å². The van der Waals surface area contributed by atoms with E-state index < -0.39 is 10.0 Å². The van der Waals surface area contributed by atoms with Gasteiger partial charge < -0.3 is 10.1 Å². The maximum absolute atomic E-state index is 11.9. The van der Waals surface area contributed by atoms with E-state index in [0.29, 0.717) is 11.4 Å². The second-order valence-electron chi connectivity index (χ2n) is 3.83. The fourth-order valence-electron chi connectivity index (χ4n) is 1.46.